The van der Waals surface area contributed by atoms with E-state index < -0.39 is 0 Å². The lowest BCUT2D eigenvalue weighted by Gasteiger charge is -2.18. The van der Waals surface area contributed by atoms with E-state index in [0.29, 0.717) is 24.2 Å². The van der Waals surface area contributed by atoms with Gasteiger partial charge in [-0.3, -0.25) is 14.2 Å². The normalized spacial score (nSPS) is 17.9. The molecule has 2 heterocycles. The Morgan fingerprint density at radius 3 is 2.92 bits per heavy atom. The number of carbonyl (C=O) groups excluding carboxylic acids is 1. The average molecular weight is 394 g/mol. The van der Waals surface area contributed by atoms with Crippen molar-refractivity contribution < 1.29 is 4.79 Å². The van der Waals surface area contributed by atoms with Gasteiger partial charge in [0.2, 0.25) is 5.91 Å². The van der Waals surface area contributed by atoms with Gasteiger partial charge in [0.05, 0.1) is 10.6 Å². The first kappa shape index (κ1) is 19.4. The summed E-state index contributed by atoms with van der Waals surface area (Å²) in [5.41, 5.74) is 1.27. The number of carbonyl (C=O) groups is 1. The Morgan fingerprint density at radius 2 is 2.23 bits per heavy atom. The lowest BCUT2D eigenvalue weighted by atomic mass is 9.89. The highest BCUT2D eigenvalue weighted by molar-refractivity contribution is 8.00. The Balaban J connectivity index is 1.98. The molecule has 142 valence electrons. The van der Waals surface area contributed by atoms with E-state index in [1.54, 1.807) is 15.9 Å². The Bertz CT molecular complexity index is 872. The molecule has 1 N–H and O–H groups in total. The molecule has 0 bridgehead atoms. The smallest absolute Gasteiger partial charge is 0.263 e. The maximum absolute atomic E-state index is 13.1. The van der Waals surface area contributed by atoms with E-state index in [9.17, 15) is 9.59 Å². The summed E-state index contributed by atoms with van der Waals surface area (Å²) in [6.45, 7) is 9.36. The number of fused-ring (bicyclic) bond motifs is 3. The number of nitrogens with zero attached hydrogens (tertiary/aromatic N) is 2. The summed E-state index contributed by atoms with van der Waals surface area (Å²) >= 11 is 3.04. The molecular weight excluding hydrogens is 366 g/mol. The van der Waals surface area contributed by atoms with Crippen molar-refractivity contribution in [3.05, 3.63) is 20.8 Å². The van der Waals surface area contributed by atoms with Crippen molar-refractivity contribution in [3.63, 3.8) is 0 Å². The third-order valence-electron chi connectivity index (χ3n) is 4.90. The van der Waals surface area contributed by atoms with Gasteiger partial charge in [0.1, 0.15) is 4.83 Å². The lowest BCUT2D eigenvalue weighted by molar-refractivity contribution is -0.120. The molecule has 0 aliphatic heterocycles. The van der Waals surface area contributed by atoms with Gasteiger partial charge >= 0.3 is 0 Å². The molecule has 2 atom stereocenters. The number of thiophene rings is 1. The molecule has 7 heteroatoms. The Labute approximate surface area is 162 Å². The van der Waals surface area contributed by atoms with E-state index in [2.05, 4.69) is 12.2 Å². The summed E-state index contributed by atoms with van der Waals surface area (Å²) in [6.07, 6.45) is 4.06. The molecular formula is C19H27N3O2S2. The molecule has 3 rings (SSSR count). The minimum atomic E-state index is -0.279. The van der Waals surface area contributed by atoms with Crippen LogP contribution < -0.4 is 10.9 Å². The van der Waals surface area contributed by atoms with Crippen LogP contribution in [0.15, 0.2) is 9.95 Å². The van der Waals surface area contributed by atoms with Crippen LogP contribution in [0.1, 0.15) is 51.0 Å². The monoisotopic (exact) mass is 393 g/mol. The fourth-order valence-corrected chi connectivity index (χ4v) is 5.80. The standard InChI is InChI=1S/C19H27N3O2S2/c1-5-9-20-16(23)12(4)25-19-21-17-15(18(24)22(19)6-2)13-8-7-11(3)10-14(13)26-17/h11-12H,5-10H2,1-4H3,(H,20,23)/t11-,12+/m1/s1. The quantitative estimate of drug-likeness (QED) is 0.601. The number of rotatable bonds is 6. The Hall–Kier alpha value is -1.34. The van der Waals surface area contributed by atoms with Gasteiger partial charge < -0.3 is 5.32 Å². The molecule has 2 aromatic heterocycles. The van der Waals surface area contributed by atoms with E-state index in [0.717, 1.165) is 35.9 Å². The van der Waals surface area contributed by atoms with Gasteiger partial charge in [0.15, 0.2) is 5.16 Å². The van der Waals surface area contributed by atoms with Gasteiger partial charge in [-0.15, -0.1) is 11.3 Å². The summed E-state index contributed by atoms with van der Waals surface area (Å²) in [5.74, 6) is 0.660. The largest absolute Gasteiger partial charge is 0.355 e. The van der Waals surface area contributed by atoms with Crippen LogP contribution in [0, 0.1) is 5.92 Å². The second kappa shape index (κ2) is 8.13. The van der Waals surface area contributed by atoms with Crippen LogP contribution >= 0.6 is 23.1 Å². The number of hydrogen-bond acceptors (Lipinski definition) is 5. The van der Waals surface area contributed by atoms with E-state index in [4.69, 9.17) is 4.98 Å². The first-order valence-electron chi connectivity index (χ1n) is 9.45. The lowest BCUT2D eigenvalue weighted by Crippen LogP contribution is -2.32. The summed E-state index contributed by atoms with van der Waals surface area (Å²) in [5, 5.41) is 4.09. The summed E-state index contributed by atoms with van der Waals surface area (Å²) in [4.78, 5) is 32.3. The van der Waals surface area contributed by atoms with Crippen LogP contribution in [0.25, 0.3) is 10.2 Å². The molecule has 0 spiro atoms. The van der Waals surface area contributed by atoms with E-state index >= 15 is 0 Å². The van der Waals surface area contributed by atoms with Crippen LogP contribution in [0.4, 0.5) is 0 Å². The minimum Gasteiger partial charge on any atom is -0.355 e. The predicted molar refractivity (Wildman–Crippen MR) is 109 cm³/mol. The number of amides is 1. The van der Waals surface area contributed by atoms with Crippen LogP contribution in [0.5, 0.6) is 0 Å². The molecule has 0 saturated heterocycles. The molecule has 26 heavy (non-hydrogen) atoms. The molecule has 0 saturated carbocycles. The van der Waals surface area contributed by atoms with Crippen molar-refractivity contribution in [3.8, 4) is 0 Å². The van der Waals surface area contributed by atoms with Crippen LogP contribution in [-0.2, 0) is 24.2 Å². The average Bonchev–Trinajstić information content (AvgIpc) is 2.97. The number of aryl methyl sites for hydroxylation is 1. The molecule has 5 nitrogen and oxygen atoms in total. The van der Waals surface area contributed by atoms with E-state index in [1.165, 1.54) is 22.2 Å². The molecule has 1 aliphatic rings. The maximum atomic E-state index is 13.1. The Kier molecular flexibility index (Phi) is 6.07. The Morgan fingerprint density at radius 1 is 1.46 bits per heavy atom. The van der Waals surface area contributed by atoms with E-state index in [-0.39, 0.29) is 16.7 Å². The van der Waals surface area contributed by atoms with Gasteiger partial charge in [-0.25, -0.2) is 4.98 Å². The van der Waals surface area contributed by atoms with Gasteiger partial charge in [0.25, 0.3) is 5.56 Å². The second-order valence-corrected chi connectivity index (χ2v) is 9.42. The minimum absolute atomic E-state index is 0.00634. The van der Waals surface area contributed by atoms with Crippen LogP contribution in [-0.4, -0.2) is 27.3 Å². The van der Waals surface area contributed by atoms with Gasteiger partial charge in [-0.05, 0) is 51.0 Å². The van der Waals surface area contributed by atoms with E-state index in [1.807, 2.05) is 20.8 Å². The summed E-state index contributed by atoms with van der Waals surface area (Å²) < 4.78 is 1.72. The van der Waals surface area contributed by atoms with Crippen molar-refractivity contribution in [1.82, 2.24) is 14.9 Å². The number of aromatic nitrogens is 2. The number of nitrogens with one attached hydrogen (secondary N) is 1. The van der Waals surface area contributed by atoms with Crippen molar-refractivity contribution in [2.75, 3.05) is 6.54 Å². The SMILES string of the molecule is CCCNC(=O)[C@H](C)Sc1nc2sc3c(c2c(=O)n1CC)CC[C@@H](C)C3. The summed E-state index contributed by atoms with van der Waals surface area (Å²) in [6, 6.07) is 0. The zero-order chi connectivity index (χ0) is 18.8. The number of hydrogen-bond donors (Lipinski definition) is 1. The summed E-state index contributed by atoms with van der Waals surface area (Å²) in [7, 11) is 0. The zero-order valence-corrected chi connectivity index (χ0v) is 17.6. The molecule has 0 radical (unpaired) electrons. The molecule has 1 aliphatic carbocycles. The number of thioether (sulfide) groups is 1. The zero-order valence-electron chi connectivity index (χ0n) is 15.9. The molecule has 2 aromatic rings. The first-order valence-corrected chi connectivity index (χ1v) is 11.1. The van der Waals surface area contributed by atoms with Gasteiger partial charge in [-0.2, -0.15) is 0 Å². The van der Waals surface area contributed by atoms with Crippen molar-refractivity contribution in [2.24, 2.45) is 5.92 Å². The first-order chi connectivity index (χ1) is 12.5. The molecule has 1 amide bonds. The topological polar surface area (TPSA) is 64.0 Å². The maximum Gasteiger partial charge on any atom is 0.263 e. The van der Waals surface area contributed by atoms with Crippen LogP contribution in [0.2, 0.25) is 0 Å². The molecule has 0 unspecified atom stereocenters. The highest BCUT2D eigenvalue weighted by atomic mass is 32.2. The van der Waals surface area contributed by atoms with Gasteiger partial charge in [0, 0.05) is 18.0 Å². The van der Waals surface area contributed by atoms with Crippen molar-refractivity contribution in [1.29, 1.82) is 0 Å². The van der Waals surface area contributed by atoms with Crippen molar-refractivity contribution >= 4 is 39.2 Å². The molecule has 0 aromatic carbocycles. The fourth-order valence-electron chi connectivity index (χ4n) is 3.38. The van der Waals surface area contributed by atoms with Crippen molar-refractivity contribution in [2.45, 2.75) is 70.3 Å². The van der Waals surface area contributed by atoms with Crippen LogP contribution in [0.3, 0.4) is 0 Å². The third kappa shape index (κ3) is 3.69. The third-order valence-corrected chi connectivity index (χ3v) is 7.14. The fraction of sp³-hybridized carbons (Fsp3) is 0.632. The highest BCUT2D eigenvalue weighted by Gasteiger charge is 2.25. The van der Waals surface area contributed by atoms with Gasteiger partial charge in [-0.1, -0.05) is 25.6 Å². The second-order valence-electron chi connectivity index (χ2n) is 7.03. The highest BCUT2D eigenvalue weighted by Crippen LogP contribution is 2.36. The predicted octanol–water partition coefficient (Wildman–Crippen LogP) is 3.61. The molecule has 0 fully saturated rings.